The highest BCUT2D eigenvalue weighted by Crippen LogP contribution is 2.17. The number of rotatable bonds is 4. The van der Waals surface area contributed by atoms with Crippen molar-refractivity contribution in [2.24, 2.45) is 0 Å². The van der Waals surface area contributed by atoms with E-state index in [1.807, 2.05) is 6.08 Å². The summed E-state index contributed by atoms with van der Waals surface area (Å²) in [5, 5.41) is 0. The van der Waals surface area contributed by atoms with Crippen LogP contribution in [0.2, 0.25) is 0 Å². The van der Waals surface area contributed by atoms with Crippen molar-refractivity contribution in [1.29, 1.82) is 0 Å². The van der Waals surface area contributed by atoms with Crippen molar-refractivity contribution in [2.45, 2.75) is 33.6 Å². The molecule has 0 aliphatic rings. The molecule has 12 heavy (non-hydrogen) atoms. The minimum atomic E-state index is 1.09. The first kappa shape index (κ1) is 11.7. The Bertz CT molecular complexity index is 203. The summed E-state index contributed by atoms with van der Waals surface area (Å²) in [6.07, 6.45) is 6.32. The lowest BCUT2D eigenvalue weighted by Gasteiger charge is -2.01. The van der Waals surface area contributed by atoms with Gasteiger partial charge in [-0.3, -0.25) is 0 Å². The smallest absolute Gasteiger partial charge is 0.0198 e. The maximum atomic E-state index is 3.71. The Balaban J connectivity index is 4.60. The van der Waals surface area contributed by atoms with Crippen LogP contribution in [0.5, 0.6) is 0 Å². The zero-order chi connectivity index (χ0) is 9.56. The van der Waals surface area contributed by atoms with Crippen molar-refractivity contribution in [3.8, 4) is 0 Å². The summed E-state index contributed by atoms with van der Waals surface area (Å²) < 4.78 is 1.09. The normalized spacial score (nSPS) is 12.0. The van der Waals surface area contributed by atoms with Gasteiger partial charge in [0.05, 0.1) is 0 Å². The molecule has 0 radical (unpaired) electrons. The van der Waals surface area contributed by atoms with E-state index >= 15 is 0 Å². The highest BCUT2D eigenvalue weighted by atomic mass is 79.9. The Labute approximate surface area is 84.2 Å². The summed E-state index contributed by atoms with van der Waals surface area (Å²) in [5.74, 6) is 0. The van der Waals surface area contributed by atoms with E-state index in [-0.39, 0.29) is 0 Å². The van der Waals surface area contributed by atoms with Crippen molar-refractivity contribution < 1.29 is 0 Å². The molecule has 0 unspecified atom stereocenters. The summed E-state index contributed by atoms with van der Waals surface area (Å²) in [4.78, 5) is 0. The zero-order valence-electron chi connectivity index (χ0n) is 8.15. The molecule has 0 nitrogen and oxygen atoms in total. The van der Waals surface area contributed by atoms with Gasteiger partial charge >= 0.3 is 0 Å². The SMILES string of the molecule is C=C/C(Br)=C(/C)C=C(CC)CC. The Hall–Kier alpha value is -0.300. The summed E-state index contributed by atoms with van der Waals surface area (Å²) in [5.41, 5.74) is 2.73. The predicted molar refractivity (Wildman–Crippen MR) is 60.5 cm³/mol. The topological polar surface area (TPSA) is 0 Å². The van der Waals surface area contributed by atoms with Crippen molar-refractivity contribution in [3.63, 3.8) is 0 Å². The average molecular weight is 229 g/mol. The minimum Gasteiger partial charge on any atom is -0.0979 e. The van der Waals surface area contributed by atoms with E-state index < -0.39 is 0 Å². The summed E-state index contributed by atoms with van der Waals surface area (Å²) >= 11 is 3.45. The first-order valence-electron chi connectivity index (χ1n) is 4.33. The van der Waals surface area contributed by atoms with Crippen LogP contribution in [0.3, 0.4) is 0 Å². The molecule has 0 rings (SSSR count). The molecular formula is C11H17Br. The van der Waals surface area contributed by atoms with Gasteiger partial charge in [0.1, 0.15) is 0 Å². The quantitative estimate of drug-likeness (QED) is 0.618. The molecule has 1 heteroatoms. The van der Waals surface area contributed by atoms with Crippen LogP contribution in [0.4, 0.5) is 0 Å². The molecule has 0 fully saturated rings. The highest BCUT2D eigenvalue weighted by molar-refractivity contribution is 9.11. The van der Waals surface area contributed by atoms with Gasteiger partial charge in [-0.15, -0.1) is 0 Å². The van der Waals surface area contributed by atoms with E-state index in [2.05, 4.69) is 49.4 Å². The summed E-state index contributed by atoms with van der Waals surface area (Å²) in [6, 6.07) is 0. The molecule has 0 aliphatic carbocycles. The third-order valence-corrected chi connectivity index (χ3v) is 2.83. The number of halogens is 1. The van der Waals surface area contributed by atoms with Crippen LogP contribution >= 0.6 is 15.9 Å². The van der Waals surface area contributed by atoms with Crippen LogP contribution in [0.1, 0.15) is 33.6 Å². The van der Waals surface area contributed by atoms with Crippen LogP contribution in [-0.2, 0) is 0 Å². The highest BCUT2D eigenvalue weighted by Gasteiger charge is 1.93. The second kappa shape index (κ2) is 6.24. The standard InChI is InChI=1S/C11H17Br/c1-5-10(6-2)8-9(4)11(12)7-3/h7-8H,3,5-6H2,1-2,4H3/b11-9+. The molecule has 0 aliphatic heterocycles. The fraction of sp³-hybridized carbons (Fsp3) is 0.455. The van der Waals surface area contributed by atoms with E-state index in [0.717, 1.165) is 17.3 Å². The van der Waals surface area contributed by atoms with Gasteiger partial charge in [-0.25, -0.2) is 0 Å². The van der Waals surface area contributed by atoms with Crippen LogP contribution in [0, 0.1) is 0 Å². The third-order valence-electron chi connectivity index (χ3n) is 1.88. The van der Waals surface area contributed by atoms with E-state index in [1.54, 1.807) is 0 Å². The van der Waals surface area contributed by atoms with E-state index in [4.69, 9.17) is 0 Å². The molecule has 0 aromatic rings. The Kier molecular flexibility index (Phi) is 6.09. The Morgan fingerprint density at radius 1 is 1.33 bits per heavy atom. The van der Waals surface area contributed by atoms with E-state index in [9.17, 15) is 0 Å². The van der Waals surface area contributed by atoms with Crippen molar-refractivity contribution in [1.82, 2.24) is 0 Å². The molecule has 0 N–H and O–H groups in total. The lowest BCUT2D eigenvalue weighted by Crippen LogP contribution is -1.80. The maximum Gasteiger partial charge on any atom is 0.0198 e. The Morgan fingerprint density at radius 2 is 1.83 bits per heavy atom. The molecule has 68 valence electrons. The van der Waals surface area contributed by atoms with E-state index in [0.29, 0.717) is 0 Å². The van der Waals surface area contributed by atoms with Gasteiger partial charge in [0.15, 0.2) is 0 Å². The van der Waals surface area contributed by atoms with Gasteiger partial charge in [0.25, 0.3) is 0 Å². The molecule has 0 spiro atoms. The minimum absolute atomic E-state index is 1.09. The largest absolute Gasteiger partial charge is 0.0979 e. The maximum absolute atomic E-state index is 3.71. The second-order valence-electron chi connectivity index (χ2n) is 2.74. The average Bonchev–Trinajstić information content (AvgIpc) is 2.12. The third kappa shape index (κ3) is 3.91. The molecule has 0 heterocycles. The van der Waals surface area contributed by atoms with Crippen LogP contribution in [0.25, 0.3) is 0 Å². The van der Waals surface area contributed by atoms with Crippen molar-refractivity contribution in [2.75, 3.05) is 0 Å². The summed E-state index contributed by atoms with van der Waals surface area (Å²) in [7, 11) is 0. The zero-order valence-corrected chi connectivity index (χ0v) is 9.74. The molecular weight excluding hydrogens is 212 g/mol. The van der Waals surface area contributed by atoms with Gasteiger partial charge in [-0.1, -0.05) is 54.1 Å². The van der Waals surface area contributed by atoms with E-state index in [1.165, 1.54) is 11.1 Å². The van der Waals surface area contributed by atoms with Gasteiger partial charge in [-0.2, -0.15) is 0 Å². The second-order valence-corrected chi connectivity index (χ2v) is 3.60. The summed E-state index contributed by atoms with van der Waals surface area (Å²) in [6.45, 7) is 10.2. The first-order chi connectivity index (χ1) is 5.65. The van der Waals surface area contributed by atoms with Crippen LogP contribution < -0.4 is 0 Å². The molecule has 0 aromatic heterocycles. The fourth-order valence-corrected chi connectivity index (χ4v) is 1.10. The molecule has 0 saturated carbocycles. The lowest BCUT2D eigenvalue weighted by atomic mass is 10.1. The molecule has 0 saturated heterocycles. The molecule has 0 amide bonds. The van der Waals surface area contributed by atoms with Crippen molar-refractivity contribution in [3.05, 3.63) is 34.4 Å². The first-order valence-corrected chi connectivity index (χ1v) is 5.13. The number of hydrogen-bond acceptors (Lipinski definition) is 0. The lowest BCUT2D eigenvalue weighted by molar-refractivity contribution is 0.974. The van der Waals surface area contributed by atoms with Gasteiger partial charge in [0, 0.05) is 4.48 Å². The fourth-order valence-electron chi connectivity index (χ4n) is 0.990. The number of allylic oxidation sites excluding steroid dienone is 5. The van der Waals surface area contributed by atoms with Gasteiger partial charge < -0.3 is 0 Å². The van der Waals surface area contributed by atoms with Crippen molar-refractivity contribution >= 4 is 15.9 Å². The molecule has 0 bridgehead atoms. The molecule has 0 atom stereocenters. The van der Waals surface area contributed by atoms with Gasteiger partial charge in [0.2, 0.25) is 0 Å². The monoisotopic (exact) mass is 228 g/mol. The Morgan fingerprint density at radius 3 is 2.17 bits per heavy atom. The number of hydrogen-bond donors (Lipinski definition) is 0. The predicted octanol–water partition coefficient (Wildman–Crippen LogP) is 4.59. The van der Waals surface area contributed by atoms with Crippen LogP contribution in [-0.4, -0.2) is 0 Å². The van der Waals surface area contributed by atoms with Crippen LogP contribution in [0.15, 0.2) is 34.4 Å². The van der Waals surface area contributed by atoms with Gasteiger partial charge in [-0.05, 0) is 25.3 Å². The molecule has 0 aromatic carbocycles.